The van der Waals surface area contributed by atoms with Gasteiger partial charge in [0, 0.05) is 0 Å². The summed E-state index contributed by atoms with van der Waals surface area (Å²) < 4.78 is 4.68. The Morgan fingerprint density at radius 3 is 2.00 bits per heavy atom. The monoisotopic (exact) mass is 164 g/mol. The van der Waals surface area contributed by atoms with E-state index in [9.17, 15) is 0 Å². The highest BCUT2D eigenvalue weighted by Gasteiger charge is 2.40. The molecule has 1 saturated heterocycles. The van der Waals surface area contributed by atoms with Crippen LogP contribution in [0, 0.1) is 0 Å². The second kappa shape index (κ2) is 3.04. The number of rotatable bonds is 0. The van der Waals surface area contributed by atoms with E-state index in [1.807, 2.05) is 0 Å². The lowest BCUT2D eigenvalue weighted by Crippen LogP contribution is -2.56. The second-order valence-corrected chi connectivity index (χ2v) is 2.70. The summed E-state index contributed by atoms with van der Waals surface area (Å²) in [4.78, 5) is 0. The minimum absolute atomic E-state index is 0.664. The molecule has 0 amide bonds. The van der Waals surface area contributed by atoms with Crippen molar-refractivity contribution in [2.24, 2.45) is 0 Å². The van der Waals surface area contributed by atoms with Crippen molar-refractivity contribution in [3.05, 3.63) is 0 Å². The SMILES string of the molecule is C[C@H]1O[C@@H](O)[C@@H](O)[C@H](O)[C@@H]1O. The highest BCUT2D eigenvalue weighted by molar-refractivity contribution is 4.86. The Bertz CT molecular complexity index is 125. The highest BCUT2D eigenvalue weighted by atomic mass is 16.6. The summed E-state index contributed by atoms with van der Waals surface area (Å²) in [6, 6.07) is 0. The van der Waals surface area contributed by atoms with Crippen LogP contribution in [0.25, 0.3) is 0 Å². The molecule has 1 aliphatic rings. The molecule has 1 fully saturated rings. The van der Waals surface area contributed by atoms with Crippen LogP contribution in [-0.2, 0) is 4.74 Å². The van der Waals surface area contributed by atoms with Gasteiger partial charge >= 0.3 is 0 Å². The lowest BCUT2D eigenvalue weighted by molar-refractivity contribution is -0.277. The molecule has 5 atom stereocenters. The topological polar surface area (TPSA) is 90.2 Å². The molecule has 5 heteroatoms. The van der Waals surface area contributed by atoms with Gasteiger partial charge in [0.15, 0.2) is 6.29 Å². The number of ether oxygens (including phenoxy) is 1. The van der Waals surface area contributed by atoms with E-state index in [4.69, 9.17) is 20.4 Å². The predicted octanol–water partition coefficient (Wildman–Crippen LogP) is -2.19. The molecule has 11 heavy (non-hydrogen) atoms. The zero-order valence-electron chi connectivity index (χ0n) is 6.08. The van der Waals surface area contributed by atoms with Gasteiger partial charge in [-0.3, -0.25) is 0 Å². The normalized spacial score (nSPS) is 52.6. The Morgan fingerprint density at radius 1 is 0.909 bits per heavy atom. The molecule has 66 valence electrons. The first-order valence-corrected chi connectivity index (χ1v) is 3.41. The van der Waals surface area contributed by atoms with Crippen LogP contribution in [0.1, 0.15) is 6.92 Å². The first-order valence-electron chi connectivity index (χ1n) is 3.41. The minimum atomic E-state index is -1.43. The predicted molar refractivity (Wildman–Crippen MR) is 34.6 cm³/mol. The molecule has 0 bridgehead atoms. The Kier molecular flexibility index (Phi) is 2.46. The maximum absolute atomic E-state index is 9.09. The second-order valence-electron chi connectivity index (χ2n) is 2.70. The molecule has 0 saturated carbocycles. The maximum Gasteiger partial charge on any atom is 0.183 e. The van der Waals surface area contributed by atoms with E-state index in [2.05, 4.69) is 4.74 Å². The number of aliphatic hydroxyl groups is 4. The molecule has 0 unspecified atom stereocenters. The molecule has 0 aromatic rings. The van der Waals surface area contributed by atoms with Gasteiger partial charge in [0.25, 0.3) is 0 Å². The van der Waals surface area contributed by atoms with E-state index in [0.717, 1.165) is 0 Å². The standard InChI is InChI=1S/C6H12O5/c1-2-3(7)4(8)5(9)6(10)11-2/h2-10H,1H3/t2-,3-,4-,5+,6-/m1/s1. The highest BCUT2D eigenvalue weighted by Crippen LogP contribution is 2.18. The Hall–Kier alpha value is -0.200. The summed E-state index contributed by atoms with van der Waals surface area (Å²) >= 11 is 0. The largest absolute Gasteiger partial charge is 0.388 e. The van der Waals surface area contributed by atoms with Gasteiger partial charge in [-0.05, 0) is 6.92 Å². The molecule has 1 aliphatic heterocycles. The zero-order valence-corrected chi connectivity index (χ0v) is 6.08. The van der Waals surface area contributed by atoms with Gasteiger partial charge in [-0.25, -0.2) is 0 Å². The quantitative estimate of drug-likeness (QED) is 0.326. The van der Waals surface area contributed by atoms with Gasteiger partial charge in [0.1, 0.15) is 18.3 Å². The fraction of sp³-hybridized carbons (Fsp3) is 1.00. The molecule has 0 radical (unpaired) electrons. The van der Waals surface area contributed by atoms with Crippen molar-refractivity contribution in [1.82, 2.24) is 0 Å². The smallest absolute Gasteiger partial charge is 0.183 e. The molecule has 0 aliphatic carbocycles. The van der Waals surface area contributed by atoms with Crippen molar-refractivity contribution in [2.45, 2.75) is 37.6 Å². The van der Waals surface area contributed by atoms with Gasteiger partial charge in [0.05, 0.1) is 6.10 Å². The summed E-state index contributed by atoms with van der Waals surface area (Å²) in [6.07, 6.45) is -5.99. The van der Waals surface area contributed by atoms with Crippen molar-refractivity contribution in [1.29, 1.82) is 0 Å². The maximum atomic E-state index is 9.09. The van der Waals surface area contributed by atoms with Crippen molar-refractivity contribution in [2.75, 3.05) is 0 Å². The molecule has 1 rings (SSSR count). The third-order valence-electron chi connectivity index (χ3n) is 1.83. The molecule has 0 spiro atoms. The fourth-order valence-electron chi connectivity index (χ4n) is 1.03. The average Bonchev–Trinajstić information content (AvgIpc) is 1.97. The molecule has 4 N–H and O–H groups in total. The van der Waals surface area contributed by atoms with Crippen molar-refractivity contribution in [3.63, 3.8) is 0 Å². The van der Waals surface area contributed by atoms with Gasteiger partial charge in [-0.2, -0.15) is 0 Å². The first-order chi connectivity index (χ1) is 5.04. The molecule has 5 nitrogen and oxygen atoms in total. The lowest BCUT2D eigenvalue weighted by atomic mass is 10.0. The van der Waals surface area contributed by atoms with E-state index in [0.29, 0.717) is 0 Å². The van der Waals surface area contributed by atoms with E-state index in [1.165, 1.54) is 6.92 Å². The van der Waals surface area contributed by atoms with Crippen molar-refractivity contribution < 1.29 is 25.2 Å². The van der Waals surface area contributed by atoms with Crippen molar-refractivity contribution >= 4 is 0 Å². The summed E-state index contributed by atoms with van der Waals surface area (Å²) in [5.41, 5.74) is 0. The number of aliphatic hydroxyl groups excluding tert-OH is 4. The fourth-order valence-corrected chi connectivity index (χ4v) is 1.03. The third kappa shape index (κ3) is 1.52. The lowest BCUT2D eigenvalue weighted by Gasteiger charge is -2.36. The van der Waals surface area contributed by atoms with E-state index in [-0.39, 0.29) is 0 Å². The Morgan fingerprint density at radius 2 is 1.45 bits per heavy atom. The third-order valence-corrected chi connectivity index (χ3v) is 1.83. The van der Waals surface area contributed by atoms with Crippen molar-refractivity contribution in [3.8, 4) is 0 Å². The summed E-state index contributed by atoms with van der Waals surface area (Å²) in [6.45, 7) is 1.50. The summed E-state index contributed by atoms with van der Waals surface area (Å²) in [7, 11) is 0. The van der Waals surface area contributed by atoms with Crippen LogP contribution in [0.15, 0.2) is 0 Å². The van der Waals surface area contributed by atoms with Crippen LogP contribution >= 0.6 is 0 Å². The zero-order chi connectivity index (χ0) is 8.59. The van der Waals surface area contributed by atoms with Crippen LogP contribution in [0.3, 0.4) is 0 Å². The average molecular weight is 164 g/mol. The van der Waals surface area contributed by atoms with Crippen LogP contribution in [0.4, 0.5) is 0 Å². The van der Waals surface area contributed by atoms with Crippen LogP contribution < -0.4 is 0 Å². The van der Waals surface area contributed by atoms with E-state index < -0.39 is 30.7 Å². The Labute approximate surface area is 63.8 Å². The first kappa shape index (κ1) is 8.89. The summed E-state index contributed by atoms with van der Waals surface area (Å²) in [5.74, 6) is 0. The molecular weight excluding hydrogens is 152 g/mol. The molecule has 0 aromatic heterocycles. The summed E-state index contributed by atoms with van der Waals surface area (Å²) in [5, 5.41) is 36.0. The molecular formula is C6H12O5. The van der Waals surface area contributed by atoms with Gasteiger partial charge in [-0.1, -0.05) is 0 Å². The minimum Gasteiger partial charge on any atom is -0.388 e. The van der Waals surface area contributed by atoms with Crippen LogP contribution in [-0.4, -0.2) is 51.1 Å². The van der Waals surface area contributed by atoms with Crippen LogP contribution in [0.5, 0.6) is 0 Å². The van der Waals surface area contributed by atoms with Gasteiger partial charge in [0.2, 0.25) is 0 Å². The number of hydrogen-bond donors (Lipinski definition) is 4. The van der Waals surface area contributed by atoms with Gasteiger partial charge < -0.3 is 25.2 Å². The van der Waals surface area contributed by atoms with E-state index >= 15 is 0 Å². The Balaban J connectivity index is 2.63. The van der Waals surface area contributed by atoms with E-state index in [1.54, 1.807) is 0 Å². The van der Waals surface area contributed by atoms with Crippen LogP contribution in [0.2, 0.25) is 0 Å². The molecule has 0 aromatic carbocycles. The molecule has 1 heterocycles. The van der Waals surface area contributed by atoms with Gasteiger partial charge in [-0.15, -0.1) is 0 Å². The number of hydrogen-bond acceptors (Lipinski definition) is 5.